The van der Waals surface area contributed by atoms with Gasteiger partial charge >= 0.3 is 0 Å². The molecule has 0 unspecified atom stereocenters. The second-order valence-electron chi connectivity index (χ2n) is 25.6. The lowest BCUT2D eigenvalue weighted by Crippen LogP contribution is -2.28. The quantitative estimate of drug-likeness (QED) is 0.128. The van der Waals surface area contributed by atoms with E-state index in [9.17, 15) is 0 Å². The summed E-state index contributed by atoms with van der Waals surface area (Å²) in [5.74, 6) is 3.72. The van der Waals surface area contributed by atoms with E-state index in [1.54, 1.807) is 0 Å². The molecule has 0 aliphatic heterocycles. The van der Waals surface area contributed by atoms with E-state index in [0.29, 0.717) is 34.9 Å². The van der Waals surface area contributed by atoms with Crippen LogP contribution in [0.15, 0.2) is 303 Å². The summed E-state index contributed by atoms with van der Waals surface area (Å²) in [6.45, 7) is 8.96. The Morgan fingerprint density at radius 1 is 0.213 bits per heavy atom. The molecule has 6 nitrogen and oxygen atoms in total. The first-order valence-electron chi connectivity index (χ1n) is 32.2. The molecular weight excluding hydrogens is 1140 g/mol. The van der Waals surface area contributed by atoms with E-state index in [1.165, 1.54) is 77.5 Å². The summed E-state index contributed by atoms with van der Waals surface area (Å²) in [6, 6.07) is 109. The molecule has 15 aromatic rings. The summed E-state index contributed by atoms with van der Waals surface area (Å²) in [4.78, 5) is 31.4. The molecule has 13 aromatic carbocycles. The molecule has 0 saturated heterocycles. The first-order valence-corrected chi connectivity index (χ1v) is 32.2. The minimum Gasteiger partial charge on any atom is -0.208 e. The number of fused-ring (bicyclic) bond motifs is 7. The number of benzene rings is 13. The molecule has 0 radical (unpaired) electrons. The molecule has 0 bridgehead atoms. The van der Waals surface area contributed by atoms with Crippen molar-refractivity contribution in [1.82, 2.24) is 29.9 Å². The van der Waals surface area contributed by atoms with Crippen molar-refractivity contribution in [3.63, 3.8) is 0 Å². The monoisotopic (exact) mass is 1200 g/mol. The third-order valence-electron chi connectivity index (χ3n) is 19.4. The van der Waals surface area contributed by atoms with Crippen molar-refractivity contribution in [2.45, 2.75) is 38.5 Å². The molecule has 0 fully saturated rings. The summed E-state index contributed by atoms with van der Waals surface area (Å²) >= 11 is 0. The normalized spacial score (nSPS) is 13.1. The van der Waals surface area contributed by atoms with Crippen LogP contribution in [0, 0.1) is 13.8 Å². The zero-order valence-corrected chi connectivity index (χ0v) is 52.6. The van der Waals surface area contributed by atoms with Crippen LogP contribution in [0.3, 0.4) is 0 Å². The Morgan fingerprint density at radius 3 is 1.10 bits per heavy atom. The van der Waals surface area contributed by atoms with Crippen molar-refractivity contribution >= 4 is 10.8 Å². The van der Waals surface area contributed by atoms with Crippen LogP contribution in [0.4, 0.5) is 0 Å². The largest absolute Gasteiger partial charge is 0.208 e. The molecule has 2 aliphatic rings. The molecule has 0 saturated carbocycles. The predicted octanol–water partition coefficient (Wildman–Crippen LogP) is 21.5. The second-order valence-corrected chi connectivity index (χ2v) is 25.6. The van der Waals surface area contributed by atoms with Gasteiger partial charge in [0.15, 0.2) is 34.9 Å². The molecule has 6 heteroatoms. The van der Waals surface area contributed by atoms with Gasteiger partial charge in [-0.15, -0.1) is 0 Å². The highest BCUT2D eigenvalue weighted by molar-refractivity contribution is 5.95. The van der Waals surface area contributed by atoms with Gasteiger partial charge in [0, 0.05) is 38.8 Å². The fourth-order valence-electron chi connectivity index (χ4n) is 14.4. The molecule has 0 amide bonds. The summed E-state index contributed by atoms with van der Waals surface area (Å²) in [6.07, 6.45) is 0. The van der Waals surface area contributed by atoms with E-state index in [2.05, 4.69) is 307 Å². The van der Waals surface area contributed by atoms with Crippen molar-refractivity contribution in [3.05, 3.63) is 348 Å². The van der Waals surface area contributed by atoms with E-state index in [4.69, 9.17) is 29.9 Å². The first-order chi connectivity index (χ1) is 46.1. The Hall–Kier alpha value is -11.9. The van der Waals surface area contributed by atoms with Crippen LogP contribution >= 0.6 is 0 Å². The lowest BCUT2D eigenvalue weighted by Gasteiger charge is -2.34. The molecule has 0 atom stereocenters. The lowest BCUT2D eigenvalue weighted by atomic mass is 9.67. The Bertz CT molecular complexity index is 5380. The average molecular weight is 1200 g/mol. The van der Waals surface area contributed by atoms with Crippen LogP contribution in [-0.2, 0) is 10.8 Å². The highest BCUT2D eigenvalue weighted by atomic mass is 15.0. The van der Waals surface area contributed by atoms with E-state index < -0.39 is 5.41 Å². The number of rotatable bonds is 11. The number of hydrogen-bond donors (Lipinski definition) is 0. The molecule has 2 aromatic heterocycles. The number of hydrogen-bond acceptors (Lipinski definition) is 6. The Labute approximate surface area is 547 Å². The van der Waals surface area contributed by atoms with Gasteiger partial charge in [0.2, 0.25) is 0 Å². The third-order valence-corrected chi connectivity index (χ3v) is 19.4. The third kappa shape index (κ3) is 9.64. The fourth-order valence-corrected chi connectivity index (χ4v) is 14.4. The summed E-state index contributed by atoms with van der Waals surface area (Å²) in [5.41, 5.74) is 26.4. The molecule has 444 valence electrons. The molecule has 94 heavy (non-hydrogen) atoms. The van der Waals surface area contributed by atoms with Crippen molar-refractivity contribution in [1.29, 1.82) is 0 Å². The smallest absolute Gasteiger partial charge is 0.164 e. The van der Waals surface area contributed by atoms with Crippen LogP contribution in [0.1, 0.15) is 58.4 Å². The van der Waals surface area contributed by atoms with Crippen molar-refractivity contribution in [2.75, 3.05) is 0 Å². The van der Waals surface area contributed by atoms with E-state index >= 15 is 0 Å². The summed E-state index contributed by atoms with van der Waals surface area (Å²) in [5, 5.41) is 2.50. The van der Waals surface area contributed by atoms with Gasteiger partial charge in [0.05, 0.1) is 5.41 Å². The zero-order valence-electron chi connectivity index (χ0n) is 52.6. The molecule has 2 heterocycles. The highest BCUT2D eigenvalue weighted by Crippen LogP contribution is 2.57. The molecular formula is C88H62N6. The number of aromatic nitrogens is 6. The van der Waals surface area contributed by atoms with E-state index in [0.717, 1.165) is 66.8 Å². The van der Waals surface area contributed by atoms with Gasteiger partial charge in [-0.3, -0.25) is 0 Å². The van der Waals surface area contributed by atoms with E-state index in [-0.39, 0.29) is 5.41 Å². The van der Waals surface area contributed by atoms with Gasteiger partial charge in [0.25, 0.3) is 0 Å². The van der Waals surface area contributed by atoms with E-state index in [1.807, 2.05) is 24.3 Å². The molecule has 2 aliphatic carbocycles. The number of aryl methyl sites for hydroxylation is 2. The Balaban J connectivity index is 0.674. The maximum Gasteiger partial charge on any atom is 0.164 e. The van der Waals surface area contributed by atoms with Gasteiger partial charge in [-0.25, -0.2) is 29.9 Å². The number of nitrogens with zero attached hydrogens (tertiary/aromatic N) is 6. The van der Waals surface area contributed by atoms with Gasteiger partial charge in [0.1, 0.15) is 0 Å². The SMILES string of the molecule is Cc1ccc(C2(c3ccc(C)cc3)c3ccccc3-c3cc(-c4nc(-c5ccccc5)nc(-c5ccc(-c6ccc(-c7ccc(-c8nc(-c9cccc(-c%10ccccc%10)c9)nc(-c9ccc%10c(c9)C(C)(C)c9cc%11ccccc%11cc9-%10)n8)cc7)cc6)cc5)n4)ccc32)cc1. The van der Waals surface area contributed by atoms with Crippen molar-refractivity contribution in [3.8, 4) is 124 Å². The molecule has 17 rings (SSSR count). The minimum atomic E-state index is -0.514. The average Bonchev–Trinajstić information content (AvgIpc) is 1.54. The lowest BCUT2D eigenvalue weighted by molar-refractivity contribution is 0.661. The Kier molecular flexibility index (Phi) is 13.4. The van der Waals surface area contributed by atoms with Crippen LogP contribution < -0.4 is 0 Å². The first kappa shape index (κ1) is 56.1. The van der Waals surface area contributed by atoms with Crippen LogP contribution in [-0.4, -0.2) is 29.9 Å². The van der Waals surface area contributed by atoms with Crippen molar-refractivity contribution in [2.24, 2.45) is 0 Å². The predicted molar refractivity (Wildman–Crippen MR) is 384 cm³/mol. The van der Waals surface area contributed by atoms with Crippen LogP contribution in [0.2, 0.25) is 0 Å². The maximum atomic E-state index is 5.27. The Morgan fingerprint density at radius 2 is 0.553 bits per heavy atom. The molecule has 0 spiro atoms. The van der Waals surface area contributed by atoms with Crippen LogP contribution in [0.25, 0.3) is 135 Å². The summed E-state index contributed by atoms with van der Waals surface area (Å²) in [7, 11) is 0. The summed E-state index contributed by atoms with van der Waals surface area (Å²) < 4.78 is 0. The standard InChI is InChI=1S/C88H62N6/c1-55-26-44-71(45-27-55)88(72-46-28-56(2)29-47-72)77-25-14-13-24-73(77)75-52-69(43-49-78(75)88)85-90-81(62-18-9-6-10-19-62)89-82(92-85)63-38-34-60(35-39-63)58-30-32-59(33-31-58)61-36-40-64(41-37-61)83-91-84(68-23-15-22-65(50-68)57-16-7-5-8-17-57)94-86(93-83)70-42-48-74-76-51-66-20-11-12-21-67(66)53-80(76)87(3,4)79(74)54-70/h5-54H,1-4H3. The highest BCUT2D eigenvalue weighted by Gasteiger charge is 2.46. The fraction of sp³-hybridized carbons (Fsp3) is 0.0682. The topological polar surface area (TPSA) is 77.3 Å². The molecule has 0 N–H and O–H groups in total. The van der Waals surface area contributed by atoms with Gasteiger partial charge in [-0.05, 0) is 144 Å². The second kappa shape index (κ2) is 22.5. The minimum absolute atomic E-state index is 0.219. The van der Waals surface area contributed by atoms with Gasteiger partial charge in [-0.2, -0.15) is 0 Å². The van der Waals surface area contributed by atoms with Gasteiger partial charge in [-0.1, -0.05) is 298 Å². The van der Waals surface area contributed by atoms with Crippen molar-refractivity contribution < 1.29 is 0 Å². The maximum absolute atomic E-state index is 5.27. The zero-order chi connectivity index (χ0) is 63.1. The van der Waals surface area contributed by atoms with Crippen LogP contribution in [0.5, 0.6) is 0 Å². The van der Waals surface area contributed by atoms with Gasteiger partial charge < -0.3 is 0 Å².